The maximum atomic E-state index is 12.3. The zero-order valence-electron chi connectivity index (χ0n) is 15.1. The minimum absolute atomic E-state index is 0.290. The van der Waals surface area contributed by atoms with Crippen molar-refractivity contribution >= 4 is 29.2 Å². The Morgan fingerprint density at radius 3 is 2.00 bits per heavy atom. The van der Waals surface area contributed by atoms with Crippen LogP contribution in [0.3, 0.4) is 0 Å². The summed E-state index contributed by atoms with van der Waals surface area (Å²) in [6.45, 7) is 2.91. The summed E-state index contributed by atoms with van der Waals surface area (Å²) in [4.78, 5) is 39.0. The molecule has 0 aliphatic carbocycles. The number of carbonyl (C=O) groups excluding carboxylic acids is 1. The Balaban J connectivity index is 2.11. The number of aryl methyl sites for hydroxylation is 1. The molecule has 5 N–H and O–H groups in total. The van der Waals surface area contributed by atoms with E-state index in [0.717, 1.165) is 12.0 Å². The molecular formula is C18H24N4O5. The summed E-state index contributed by atoms with van der Waals surface area (Å²) in [5, 5.41) is 19.0. The Kier molecular flexibility index (Phi) is 5.22. The van der Waals surface area contributed by atoms with Crippen LogP contribution in [0.4, 0.5) is 11.4 Å². The van der Waals surface area contributed by atoms with E-state index in [2.05, 4.69) is 5.43 Å². The SMILES string of the molecule is Cc1cc(C(=O)NN)c(N2CCC[C@H]2C(=O)O)cc1N1CCC[C@H]1C(=O)O. The van der Waals surface area contributed by atoms with Crippen molar-refractivity contribution in [2.75, 3.05) is 22.9 Å². The molecule has 146 valence electrons. The van der Waals surface area contributed by atoms with E-state index in [1.807, 2.05) is 11.8 Å². The van der Waals surface area contributed by atoms with E-state index in [4.69, 9.17) is 5.84 Å². The molecule has 2 saturated heterocycles. The highest BCUT2D eigenvalue weighted by atomic mass is 16.4. The van der Waals surface area contributed by atoms with Crippen molar-refractivity contribution in [1.82, 2.24) is 5.43 Å². The van der Waals surface area contributed by atoms with Crippen LogP contribution in [-0.4, -0.2) is 53.2 Å². The molecule has 0 unspecified atom stereocenters. The minimum atomic E-state index is -0.946. The number of rotatable bonds is 5. The number of anilines is 2. The van der Waals surface area contributed by atoms with Gasteiger partial charge < -0.3 is 20.0 Å². The molecule has 0 saturated carbocycles. The zero-order chi connectivity index (χ0) is 19.7. The number of nitrogens with two attached hydrogens (primary N) is 1. The number of nitrogen functional groups attached to an aromatic ring is 1. The Bertz CT molecular complexity index is 781. The smallest absolute Gasteiger partial charge is 0.326 e. The maximum absolute atomic E-state index is 12.3. The Hall–Kier alpha value is -2.81. The first kappa shape index (κ1) is 19.0. The standard InChI is InChI=1S/C18H24N4O5/c1-10-8-11(16(23)20-19)15(22-7-3-5-13(22)18(26)27)9-14(10)21-6-2-4-12(21)17(24)25/h8-9,12-13H,2-7,19H2,1H3,(H,20,23)(H,24,25)(H,26,27)/t12-,13-/m0/s1. The van der Waals surface area contributed by atoms with Gasteiger partial charge in [-0.25, -0.2) is 15.4 Å². The summed E-state index contributed by atoms with van der Waals surface area (Å²) in [5.41, 5.74) is 4.33. The molecule has 0 aromatic heterocycles. The summed E-state index contributed by atoms with van der Waals surface area (Å²) < 4.78 is 0. The lowest BCUT2D eigenvalue weighted by Crippen LogP contribution is -2.39. The molecule has 2 aliphatic heterocycles. The molecule has 1 aromatic rings. The molecule has 1 amide bonds. The van der Waals surface area contributed by atoms with Crippen LogP contribution in [0.5, 0.6) is 0 Å². The van der Waals surface area contributed by atoms with Gasteiger partial charge in [0.2, 0.25) is 0 Å². The molecule has 1 aromatic carbocycles. The van der Waals surface area contributed by atoms with Gasteiger partial charge in [0.1, 0.15) is 12.1 Å². The first-order valence-electron chi connectivity index (χ1n) is 8.99. The predicted molar refractivity (Wildman–Crippen MR) is 98.8 cm³/mol. The summed E-state index contributed by atoms with van der Waals surface area (Å²) >= 11 is 0. The molecular weight excluding hydrogens is 352 g/mol. The van der Waals surface area contributed by atoms with Crippen molar-refractivity contribution in [3.63, 3.8) is 0 Å². The number of nitrogens with zero attached hydrogens (tertiary/aromatic N) is 2. The fraction of sp³-hybridized carbons (Fsp3) is 0.500. The zero-order valence-corrected chi connectivity index (χ0v) is 15.1. The predicted octanol–water partition coefficient (Wildman–Crippen LogP) is 0.705. The third-order valence-corrected chi connectivity index (χ3v) is 5.38. The van der Waals surface area contributed by atoms with Crippen molar-refractivity contribution < 1.29 is 24.6 Å². The largest absolute Gasteiger partial charge is 0.480 e. The first-order chi connectivity index (χ1) is 12.8. The number of carboxylic acids is 2. The lowest BCUT2D eigenvalue weighted by atomic mass is 10.0. The van der Waals surface area contributed by atoms with E-state index in [1.54, 1.807) is 17.0 Å². The van der Waals surface area contributed by atoms with Crippen LogP contribution in [0.2, 0.25) is 0 Å². The van der Waals surface area contributed by atoms with Crippen molar-refractivity contribution in [1.29, 1.82) is 0 Å². The van der Waals surface area contributed by atoms with Crippen LogP contribution < -0.4 is 21.1 Å². The van der Waals surface area contributed by atoms with Crippen LogP contribution in [0.1, 0.15) is 41.6 Å². The topological polar surface area (TPSA) is 136 Å². The van der Waals surface area contributed by atoms with E-state index in [0.29, 0.717) is 43.7 Å². The van der Waals surface area contributed by atoms with Crippen molar-refractivity contribution in [2.45, 2.75) is 44.7 Å². The summed E-state index contributed by atoms with van der Waals surface area (Å²) in [7, 11) is 0. The fourth-order valence-corrected chi connectivity index (χ4v) is 4.12. The highest BCUT2D eigenvalue weighted by molar-refractivity contribution is 6.01. The van der Waals surface area contributed by atoms with Crippen LogP contribution in [0.15, 0.2) is 12.1 Å². The molecule has 2 fully saturated rings. The highest BCUT2D eigenvalue weighted by Gasteiger charge is 2.36. The summed E-state index contributed by atoms with van der Waals surface area (Å²) in [6, 6.07) is 2.04. The van der Waals surface area contributed by atoms with Gasteiger partial charge in [-0.15, -0.1) is 0 Å². The van der Waals surface area contributed by atoms with Gasteiger partial charge in [0, 0.05) is 18.8 Å². The lowest BCUT2D eigenvalue weighted by Gasteiger charge is -2.30. The number of hydrogen-bond donors (Lipinski definition) is 4. The molecule has 9 nitrogen and oxygen atoms in total. The van der Waals surface area contributed by atoms with Crippen LogP contribution in [0, 0.1) is 6.92 Å². The van der Waals surface area contributed by atoms with E-state index in [-0.39, 0.29) is 5.56 Å². The molecule has 2 aliphatic rings. The minimum Gasteiger partial charge on any atom is -0.480 e. The second kappa shape index (κ2) is 7.43. The number of carboxylic acid groups (broad SMARTS) is 2. The van der Waals surface area contributed by atoms with E-state index >= 15 is 0 Å². The summed E-state index contributed by atoms with van der Waals surface area (Å²) in [5.74, 6) is 2.97. The average Bonchev–Trinajstić information content (AvgIpc) is 3.30. The number of hydrogen-bond acceptors (Lipinski definition) is 6. The molecule has 2 atom stereocenters. The first-order valence-corrected chi connectivity index (χ1v) is 8.99. The molecule has 27 heavy (non-hydrogen) atoms. The lowest BCUT2D eigenvalue weighted by molar-refractivity contribution is -0.139. The Morgan fingerprint density at radius 2 is 1.52 bits per heavy atom. The number of aliphatic carboxylic acids is 2. The fourth-order valence-electron chi connectivity index (χ4n) is 4.12. The molecule has 0 spiro atoms. The Morgan fingerprint density at radius 1 is 1.00 bits per heavy atom. The normalized spacial score (nSPS) is 22.1. The van der Waals surface area contributed by atoms with Crippen LogP contribution in [0.25, 0.3) is 0 Å². The second-order valence-electron chi connectivity index (χ2n) is 7.01. The third-order valence-electron chi connectivity index (χ3n) is 5.38. The van der Waals surface area contributed by atoms with Crippen LogP contribution in [-0.2, 0) is 9.59 Å². The number of carbonyl (C=O) groups is 3. The van der Waals surface area contributed by atoms with E-state index < -0.39 is 29.9 Å². The maximum Gasteiger partial charge on any atom is 0.326 e. The van der Waals surface area contributed by atoms with Gasteiger partial charge in [-0.3, -0.25) is 10.2 Å². The van der Waals surface area contributed by atoms with Gasteiger partial charge in [-0.05, 0) is 50.3 Å². The average molecular weight is 376 g/mol. The van der Waals surface area contributed by atoms with Gasteiger partial charge in [0.25, 0.3) is 5.91 Å². The van der Waals surface area contributed by atoms with Crippen molar-refractivity contribution in [3.05, 3.63) is 23.3 Å². The second-order valence-corrected chi connectivity index (χ2v) is 7.01. The molecule has 0 bridgehead atoms. The summed E-state index contributed by atoms with van der Waals surface area (Å²) in [6.07, 6.45) is 2.50. The quantitative estimate of drug-likeness (QED) is 0.335. The third kappa shape index (κ3) is 3.42. The number of hydrazine groups is 1. The van der Waals surface area contributed by atoms with E-state index in [9.17, 15) is 24.6 Å². The number of benzene rings is 1. The van der Waals surface area contributed by atoms with Gasteiger partial charge >= 0.3 is 11.9 Å². The highest BCUT2D eigenvalue weighted by Crippen LogP contribution is 2.37. The number of amides is 1. The molecule has 9 heteroatoms. The molecule has 2 heterocycles. The van der Waals surface area contributed by atoms with Gasteiger partial charge in [0.05, 0.1) is 11.3 Å². The van der Waals surface area contributed by atoms with Crippen LogP contribution >= 0.6 is 0 Å². The molecule has 3 rings (SSSR count). The van der Waals surface area contributed by atoms with Crippen molar-refractivity contribution in [3.8, 4) is 0 Å². The molecule has 0 radical (unpaired) electrons. The van der Waals surface area contributed by atoms with Crippen molar-refractivity contribution in [2.24, 2.45) is 5.84 Å². The van der Waals surface area contributed by atoms with Gasteiger partial charge in [-0.1, -0.05) is 0 Å². The van der Waals surface area contributed by atoms with Gasteiger partial charge in [0.15, 0.2) is 0 Å². The Labute approximate surface area is 156 Å². The monoisotopic (exact) mass is 376 g/mol. The number of nitrogens with one attached hydrogen (secondary N) is 1. The van der Waals surface area contributed by atoms with E-state index in [1.165, 1.54) is 0 Å². The van der Waals surface area contributed by atoms with Gasteiger partial charge in [-0.2, -0.15) is 0 Å².